The first-order chi connectivity index (χ1) is 13.4. The number of aromatic nitrogens is 2. The summed E-state index contributed by atoms with van der Waals surface area (Å²) in [6.45, 7) is 9.61. The van der Waals surface area contributed by atoms with Crippen LogP contribution in [0.25, 0.3) is 0 Å². The van der Waals surface area contributed by atoms with Crippen LogP contribution in [0.15, 0.2) is 34.2 Å². The monoisotopic (exact) mass is 401 g/mol. The van der Waals surface area contributed by atoms with Gasteiger partial charge < -0.3 is 4.90 Å². The molecule has 0 N–H and O–H groups in total. The van der Waals surface area contributed by atoms with E-state index >= 15 is 0 Å². The van der Waals surface area contributed by atoms with E-state index < -0.39 is 0 Å². The lowest BCUT2D eigenvalue weighted by atomic mass is 10.0. The van der Waals surface area contributed by atoms with Gasteiger partial charge in [-0.3, -0.25) is 14.2 Å². The van der Waals surface area contributed by atoms with Crippen LogP contribution in [0.2, 0.25) is 0 Å². The third kappa shape index (κ3) is 5.71. The van der Waals surface area contributed by atoms with Crippen LogP contribution in [-0.2, 0) is 18.3 Å². The lowest BCUT2D eigenvalue weighted by Crippen LogP contribution is -2.34. The molecule has 1 amide bonds. The smallest absolute Gasteiger partial charge is 0.257 e. The van der Waals surface area contributed by atoms with E-state index in [2.05, 4.69) is 31.0 Å². The molecule has 0 saturated heterocycles. The lowest BCUT2D eigenvalue weighted by molar-refractivity contribution is -0.128. The molecule has 1 aromatic heterocycles. The van der Waals surface area contributed by atoms with Gasteiger partial charge in [-0.05, 0) is 32.3 Å². The topological polar surface area (TPSA) is 55.2 Å². The van der Waals surface area contributed by atoms with Crippen molar-refractivity contribution in [1.29, 1.82) is 0 Å². The van der Waals surface area contributed by atoms with Gasteiger partial charge in [-0.15, -0.1) is 0 Å². The molecule has 2 aromatic rings. The number of carbonyl (C=O) groups is 1. The van der Waals surface area contributed by atoms with Gasteiger partial charge in [0, 0.05) is 37.8 Å². The number of nitrogens with zero attached hydrogens (tertiary/aromatic N) is 3. The predicted octanol–water partition coefficient (Wildman–Crippen LogP) is 3.73. The average molecular weight is 402 g/mol. The Bertz CT molecular complexity index is 853. The summed E-state index contributed by atoms with van der Waals surface area (Å²) in [6.07, 6.45) is 2.45. The Hall–Kier alpha value is -2.08. The van der Waals surface area contributed by atoms with Gasteiger partial charge in [-0.1, -0.05) is 55.4 Å². The highest BCUT2D eigenvalue weighted by Crippen LogP contribution is 2.17. The third-order valence-corrected chi connectivity index (χ3v) is 5.73. The van der Waals surface area contributed by atoms with Crippen molar-refractivity contribution >= 4 is 17.7 Å². The minimum atomic E-state index is -0.0398. The molecule has 1 heterocycles. The minimum absolute atomic E-state index is 0.0398. The highest BCUT2D eigenvalue weighted by molar-refractivity contribution is 7.99. The molecular weight excluding hydrogens is 370 g/mol. The normalized spacial score (nSPS) is 10.9. The van der Waals surface area contributed by atoms with Crippen LogP contribution >= 0.6 is 11.8 Å². The van der Waals surface area contributed by atoms with E-state index in [1.54, 1.807) is 11.6 Å². The number of amides is 1. The quantitative estimate of drug-likeness (QED) is 0.475. The molecule has 5 nitrogen and oxygen atoms in total. The fourth-order valence-corrected chi connectivity index (χ4v) is 4.00. The molecule has 1 aromatic carbocycles. The summed E-state index contributed by atoms with van der Waals surface area (Å²) in [7, 11) is 1.73. The van der Waals surface area contributed by atoms with E-state index in [1.165, 1.54) is 17.3 Å². The van der Waals surface area contributed by atoms with E-state index in [9.17, 15) is 9.59 Å². The Kier molecular flexibility index (Phi) is 8.30. The van der Waals surface area contributed by atoms with Crippen molar-refractivity contribution in [1.82, 2.24) is 14.5 Å². The Balaban J connectivity index is 2.15. The fraction of sp³-hybridized carbons (Fsp3) is 0.500. The van der Waals surface area contributed by atoms with Crippen LogP contribution in [0.3, 0.4) is 0 Å². The molecule has 0 atom stereocenters. The molecule has 152 valence electrons. The third-order valence-electron chi connectivity index (χ3n) is 4.72. The molecule has 0 aliphatic carbocycles. The summed E-state index contributed by atoms with van der Waals surface area (Å²) in [5.74, 6) is 0.404. The second-order valence-corrected chi connectivity index (χ2v) is 8.10. The van der Waals surface area contributed by atoms with Crippen molar-refractivity contribution in [3.8, 4) is 0 Å². The van der Waals surface area contributed by atoms with E-state index in [1.807, 2.05) is 30.9 Å². The number of aryl methyl sites for hydroxylation is 2. The van der Waals surface area contributed by atoms with E-state index in [0.29, 0.717) is 22.9 Å². The molecule has 0 aliphatic heterocycles. The number of hydrogen-bond donors (Lipinski definition) is 0. The van der Waals surface area contributed by atoms with Gasteiger partial charge in [0.25, 0.3) is 5.56 Å². The standard InChI is InChI=1S/C22H31N3O2S/c1-6-12-25(13-7-2)20(26)15-28-22-23-17(4)19(21(27)24(22)5)14-18-10-8-16(3)9-11-18/h8-11H,6-7,12-15H2,1-5H3. The van der Waals surface area contributed by atoms with Crippen LogP contribution in [0.1, 0.15) is 49.1 Å². The van der Waals surface area contributed by atoms with Crippen LogP contribution < -0.4 is 5.56 Å². The first kappa shape index (κ1) is 22.2. The molecule has 0 radical (unpaired) electrons. The van der Waals surface area contributed by atoms with E-state index in [-0.39, 0.29) is 11.5 Å². The molecule has 2 rings (SSSR count). The summed E-state index contributed by atoms with van der Waals surface area (Å²) in [4.78, 5) is 31.9. The van der Waals surface area contributed by atoms with Gasteiger partial charge in [0.2, 0.25) is 5.91 Å². The summed E-state index contributed by atoms with van der Waals surface area (Å²) < 4.78 is 1.57. The second kappa shape index (κ2) is 10.5. The maximum absolute atomic E-state index is 12.9. The Morgan fingerprint density at radius 1 is 1.11 bits per heavy atom. The summed E-state index contributed by atoms with van der Waals surface area (Å²) in [5.41, 5.74) is 3.70. The average Bonchev–Trinajstić information content (AvgIpc) is 2.68. The first-order valence-electron chi connectivity index (χ1n) is 9.89. The molecule has 0 unspecified atom stereocenters. The van der Waals surface area contributed by atoms with Crippen molar-refractivity contribution in [3.63, 3.8) is 0 Å². The number of hydrogen-bond acceptors (Lipinski definition) is 4. The van der Waals surface area contributed by atoms with Crippen molar-refractivity contribution in [2.24, 2.45) is 7.05 Å². The van der Waals surface area contributed by atoms with Gasteiger partial charge in [-0.2, -0.15) is 0 Å². The van der Waals surface area contributed by atoms with Crippen molar-refractivity contribution in [2.75, 3.05) is 18.8 Å². The minimum Gasteiger partial charge on any atom is -0.342 e. The fourth-order valence-electron chi connectivity index (χ4n) is 3.09. The summed E-state index contributed by atoms with van der Waals surface area (Å²) in [6, 6.07) is 8.20. The Morgan fingerprint density at radius 2 is 1.71 bits per heavy atom. The van der Waals surface area contributed by atoms with Gasteiger partial charge >= 0.3 is 0 Å². The lowest BCUT2D eigenvalue weighted by Gasteiger charge is -2.21. The number of thioether (sulfide) groups is 1. The molecule has 6 heteroatoms. The van der Waals surface area contributed by atoms with Crippen LogP contribution in [-0.4, -0.2) is 39.2 Å². The van der Waals surface area contributed by atoms with Gasteiger partial charge in [0.15, 0.2) is 5.16 Å². The molecule has 28 heavy (non-hydrogen) atoms. The zero-order valence-corrected chi connectivity index (χ0v) is 18.4. The van der Waals surface area contributed by atoms with Crippen LogP contribution in [0.4, 0.5) is 0 Å². The number of rotatable bonds is 9. The van der Waals surface area contributed by atoms with Crippen molar-refractivity contribution < 1.29 is 4.79 Å². The van der Waals surface area contributed by atoms with Gasteiger partial charge in [0.05, 0.1) is 5.75 Å². The maximum Gasteiger partial charge on any atom is 0.257 e. The highest BCUT2D eigenvalue weighted by atomic mass is 32.2. The largest absolute Gasteiger partial charge is 0.342 e. The molecule has 0 aliphatic rings. The van der Waals surface area contributed by atoms with Crippen LogP contribution in [0.5, 0.6) is 0 Å². The summed E-state index contributed by atoms with van der Waals surface area (Å²) in [5, 5.41) is 0.594. The predicted molar refractivity (Wildman–Crippen MR) is 116 cm³/mol. The molecule has 0 saturated carbocycles. The molecular formula is C22H31N3O2S. The van der Waals surface area contributed by atoms with E-state index in [4.69, 9.17) is 0 Å². The van der Waals surface area contributed by atoms with E-state index in [0.717, 1.165) is 37.2 Å². The zero-order chi connectivity index (χ0) is 20.7. The maximum atomic E-state index is 12.9. The Morgan fingerprint density at radius 3 is 2.29 bits per heavy atom. The van der Waals surface area contributed by atoms with Gasteiger partial charge in [0.1, 0.15) is 0 Å². The number of carbonyl (C=O) groups excluding carboxylic acids is 1. The molecule has 0 fully saturated rings. The van der Waals surface area contributed by atoms with Crippen LogP contribution in [0, 0.1) is 13.8 Å². The molecule has 0 bridgehead atoms. The highest BCUT2D eigenvalue weighted by Gasteiger charge is 2.16. The SMILES string of the molecule is CCCN(CCC)C(=O)CSc1nc(C)c(Cc2ccc(C)cc2)c(=O)n1C. The Labute approximate surface area is 172 Å². The van der Waals surface area contributed by atoms with Crippen molar-refractivity contribution in [2.45, 2.75) is 52.1 Å². The zero-order valence-electron chi connectivity index (χ0n) is 17.6. The van der Waals surface area contributed by atoms with Gasteiger partial charge in [-0.25, -0.2) is 4.98 Å². The van der Waals surface area contributed by atoms with Crippen molar-refractivity contribution in [3.05, 3.63) is 57.0 Å². The number of benzene rings is 1. The summed E-state index contributed by atoms with van der Waals surface area (Å²) >= 11 is 1.34. The first-order valence-corrected chi connectivity index (χ1v) is 10.9. The molecule has 0 spiro atoms. The second-order valence-electron chi connectivity index (χ2n) is 7.15.